The van der Waals surface area contributed by atoms with E-state index in [1.54, 1.807) is 18.7 Å². The summed E-state index contributed by atoms with van der Waals surface area (Å²) in [6.45, 7) is 2.52. The molecule has 7 heteroatoms. The lowest BCUT2D eigenvalue weighted by molar-refractivity contribution is 0.580. The molecule has 4 rings (SSSR count). The van der Waals surface area contributed by atoms with E-state index >= 15 is 0 Å². The maximum atomic E-state index is 5.86. The fraction of sp³-hybridized carbons (Fsp3) is 0.125. The average Bonchev–Trinajstić information content (AvgIpc) is 3.17. The summed E-state index contributed by atoms with van der Waals surface area (Å²) in [6.07, 6.45) is 3.31. The molecule has 0 amide bonds. The number of hydrogen-bond donors (Lipinski definition) is 1. The molecule has 23 heavy (non-hydrogen) atoms. The van der Waals surface area contributed by atoms with Crippen LogP contribution in [0.3, 0.4) is 0 Å². The van der Waals surface area contributed by atoms with Gasteiger partial charge in [-0.1, -0.05) is 6.07 Å². The number of hydrogen-bond acceptors (Lipinski definition) is 6. The zero-order valence-corrected chi connectivity index (χ0v) is 12.5. The van der Waals surface area contributed by atoms with Gasteiger partial charge in [0.1, 0.15) is 11.2 Å². The Kier molecular flexibility index (Phi) is 3.04. The number of fused-ring (bicyclic) bond motifs is 1. The molecule has 0 radical (unpaired) electrons. The highest BCUT2D eigenvalue weighted by Gasteiger charge is 2.16. The molecule has 0 fully saturated rings. The molecular weight excluding hydrogens is 292 g/mol. The second kappa shape index (κ2) is 5.20. The molecule has 2 N–H and O–H groups in total. The van der Waals surface area contributed by atoms with Crippen LogP contribution in [-0.4, -0.2) is 24.5 Å². The van der Waals surface area contributed by atoms with Crippen molar-refractivity contribution in [2.75, 3.05) is 5.73 Å². The van der Waals surface area contributed by atoms with Gasteiger partial charge in [0.15, 0.2) is 11.4 Å². The van der Waals surface area contributed by atoms with Crippen LogP contribution in [0.5, 0.6) is 0 Å². The smallest absolute Gasteiger partial charge is 0.222 e. The van der Waals surface area contributed by atoms with Gasteiger partial charge in [-0.25, -0.2) is 9.97 Å². The largest absolute Gasteiger partial charge is 0.463 e. The van der Waals surface area contributed by atoms with Gasteiger partial charge in [0.2, 0.25) is 5.95 Å². The van der Waals surface area contributed by atoms with Crippen LogP contribution in [0, 0.1) is 6.92 Å². The van der Waals surface area contributed by atoms with Gasteiger partial charge in [-0.2, -0.15) is 4.98 Å². The summed E-state index contributed by atoms with van der Waals surface area (Å²) in [5.41, 5.74) is 9.66. The highest BCUT2D eigenvalue weighted by atomic mass is 16.3. The molecule has 0 bridgehead atoms. The summed E-state index contributed by atoms with van der Waals surface area (Å²) < 4.78 is 7.32. The van der Waals surface area contributed by atoms with Crippen molar-refractivity contribution < 1.29 is 4.42 Å². The summed E-state index contributed by atoms with van der Waals surface area (Å²) in [4.78, 5) is 17.5. The Hall–Kier alpha value is -3.22. The Morgan fingerprint density at radius 1 is 1.13 bits per heavy atom. The summed E-state index contributed by atoms with van der Waals surface area (Å²) in [7, 11) is 0. The molecule has 114 valence electrons. The van der Waals surface area contributed by atoms with Crippen molar-refractivity contribution in [2.45, 2.75) is 13.5 Å². The lowest BCUT2D eigenvalue weighted by Crippen LogP contribution is -2.04. The number of nitrogens with two attached hydrogens (primary N) is 1. The topological polar surface area (TPSA) is 95.7 Å². The monoisotopic (exact) mass is 306 g/mol. The van der Waals surface area contributed by atoms with Crippen LogP contribution in [0.15, 0.2) is 47.3 Å². The first-order valence-corrected chi connectivity index (χ1v) is 7.15. The van der Waals surface area contributed by atoms with E-state index in [0.717, 1.165) is 11.4 Å². The Morgan fingerprint density at radius 3 is 2.83 bits per heavy atom. The Labute approximate surface area is 131 Å². The van der Waals surface area contributed by atoms with Crippen LogP contribution >= 0.6 is 0 Å². The predicted octanol–water partition coefficient (Wildman–Crippen LogP) is 2.42. The van der Waals surface area contributed by atoms with Crippen molar-refractivity contribution in [3.05, 3.63) is 54.3 Å². The Morgan fingerprint density at radius 2 is 2.04 bits per heavy atom. The Balaban J connectivity index is 1.83. The third-order valence-corrected chi connectivity index (χ3v) is 3.51. The van der Waals surface area contributed by atoms with Crippen molar-refractivity contribution in [1.29, 1.82) is 0 Å². The molecule has 0 aliphatic heterocycles. The number of nitrogen functional groups attached to an aromatic ring is 1. The van der Waals surface area contributed by atoms with E-state index < -0.39 is 0 Å². The number of pyridine rings is 1. The maximum Gasteiger partial charge on any atom is 0.222 e. The van der Waals surface area contributed by atoms with Crippen molar-refractivity contribution in [3.63, 3.8) is 0 Å². The fourth-order valence-corrected chi connectivity index (χ4v) is 2.52. The first kappa shape index (κ1) is 13.4. The van der Waals surface area contributed by atoms with Crippen LogP contribution in [0.4, 0.5) is 5.95 Å². The minimum atomic E-state index is 0.183. The van der Waals surface area contributed by atoms with Crippen molar-refractivity contribution >= 4 is 17.1 Å². The summed E-state index contributed by atoms with van der Waals surface area (Å²) in [6, 6.07) is 9.53. The molecule has 0 unspecified atom stereocenters. The van der Waals surface area contributed by atoms with Crippen LogP contribution < -0.4 is 5.73 Å². The summed E-state index contributed by atoms with van der Waals surface area (Å²) >= 11 is 0. The molecule has 0 aliphatic rings. The fourth-order valence-electron chi connectivity index (χ4n) is 2.52. The zero-order chi connectivity index (χ0) is 15.8. The van der Waals surface area contributed by atoms with E-state index in [2.05, 4.69) is 19.9 Å². The number of aromatic nitrogens is 5. The average molecular weight is 306 g/mol. The van der Waals surface area contributed by atoms with Gasteiger partial charge >= 0.3 is 0 Å². The quantitative estimate of drug-likeness (QED) is 0.624. The SMILES string of the molecule is Cc1cccc(Cn2cnc3c(-c4ccco4)nc(N)nc32)n1. The van der Waals surface area contributed by atoms with Crippen molar-refractivity contribution in [3.8, 4) is 11.5 Å². The van der Waals surface area contributed by atoms with E-state index in [1.165, 1.54) is 0 Å². The predicted molar refractivity (Wildman–Crippen MR) is 85.5 cm³/mol. The Bertz CT molecular complexity index is 974. The summed E-state index contributed by atoms with van der Waals surface area (Å²) in [5.74, 6) is 0.797. The minimum Gasteiger partial charge on any atom is -0.463 e. The second-order valence-electron chi connectivity index (χ2n) is 5.22. The maximum absolute atomic E-state index is 5.86. The highest BCUT2D eigenvalue weighted by Crippen LogP contribution is 2.26. The minimum absolute atomic E-state index is 0.183. The van der Waals surface area contributed by atoms with Crippen molar-refractivity contribution in [1.82, 2.24) is 24.5 Å². The van der Waals surface area contributed by atoms with E-state index in [-0.39, 0.29) is 5.95 Å². The molecule has 4 heterocycles. The molecule has 0 atom stereocenters. The van der Waals surface area contributed by atoms with Gasteiger partial charge in [-0.05, 0) is 31.2 Å². The van der Waals surface area contributed by atoms with Gasteiger partial charge in [0, 0.05) is 5.69 Å². The molecule has 7 nitrogen and oxygen atoms in total. The third kappa shape index (κ3) is 2.42. The van der Waals surface area contributed by atoms with Crippen LogP contribution in [0.1, 0.15) is 11.4 Å². The number of rotatable bonds is 3. The third-order valence-electron chi connectivity index (χ3n) is 3.51. The van der Waals surface area contributed by atoms with E-state index in [4.69, 9.17) is 10.2 Å². The van der Waals surface area contributed by atoms with Crippen LogP contribution in [-0.2, 0) is 6.54 Å². The first-order chi connectivity index (χ1) is 11.2. The standard InChI is InChI=1S/C16H14N6O/c1-10-4-2-5-11(19-10)8-22-9-18-14-13(12-6-3-7-23-12)20-16(17)21-15(14)22/h2-7,9H,8H2,1H3,(H2,17,20,21). The van der Waals surface area contributed by atoms with Gasteiger partial charge in [-0.15, -0.1) is 0 Å². The van der Waals surface area contributed by atoms with Crippen LogP contribution in [0.25, 0.3) is 22.6 Å². The molecule has 0 aromatic carbocycles. The highest BCUT2D eigenvalue weighted by molar-refractivity contribution is 5.86. The van der Waals surface area contributed by atoms with E-state index in [9.17, 15) is 0 Å². The number of imidazole rings is 1. The molecule has 0 spiro atoms. The first-order valence-electron chi connectivity index (χ1n) is 7.15. The zero-order valence-electron chi connectivity index (χ0n) is 12.5. The molecule has 0 saturated carbocycles. The second-order valence-corrected chi connectivity index (χ2v) is 5.22. The summed E-state index contributed by atoms with van der Waals surface area (Å²) in [5, 5.41) is 0. The number of furan rings is 1. The molecule has 4 aromatic rings. The number of anilines is 1. The molecule has 0 aliphatic carbocycles. The van der Waals surface area contributed by atoms with E-state index in [1.807, 2.05) is 35.8 Å². The molecule has 4 aromatic heterocycles. The van der Waals surface area contributed by atoms with E-state index in [0.29, 0.717) is 29.2 Å². The van der Waals surface area contributed by atoms with Gasteiger partial charge in [-0.3, -0.25) is 4.98 Å². The van der Waals surface area contributed by atoms with Gasteiger partial charge in [0.25, 0.3) is 0 Å². The number of aryl methyl sites for hydroxylation is 1. The normalized spacial score (nSPS) is 11.2. The van der Waals surface area contributed by atoms with Crippen LogP contribution in [0.2, 0.25) is 0 Å². The van der Waals surface area contributed by atoms with Gasteiger partial charge in [0.05, 0.1) is 24.8 Å². The lowest BCUT2D eigenvalue weighted by Gasteiger charge is -2.05. The van der Waals surface area contributed by atoms with Gasteiger partial charge < -0.3 is 14.7 Å². The van der Waals surface area contributed by atoms with Crippen molar-refractivity contribution in [2.24, 2.45) is 0 Å². The number of nitrogens with zero attached hydrogens (tertiary/aromatic N) is 5. The molecular formula is C16H14N6O. The lowest BCUT2D eigenvalue weighted by atomic mass is 10.3. The molecule has 0 saturated heterocycles.